The minimum Gasteiger partial charge on any atom is -0.353 e. The normalized spacial score (nSPS) is 29.8. The highest BCUT2D eigenvalue weighted by Crippen LogP contribution is 2.78. The molecule has 2 heterocycles. The van der Waals surface area contributed by atoms with Crippen LogP contribution < -0.4 is 21.3 Å². The van der Waals surface area contributed by atoms with Gasteiger partial charge in [-0.2, -0.15) is 13.2 Å². The number of carbonyl (C=O) groups is 5. The van der Waals surface area contributed by atoms with Gasteiger partial charge in [0.25, 0.3) is 11.8 Å². The molecule has 0 unspecified atom stereocenters. The van der Waals surface area contributed by atoms with Gasteiger partial charge < -0.3 is 21.3 Å². The number of pyridine rings is 1. The van der Waals surface area contributed by atoms with Crippen LogP contribution in [0.1, 0.15) is 62.2 Å². The summed E-state index contributed by atoms with van der Waals surface area (Å²) in [6.07, 6.45) is -2.48. The molecule has 1 aromatic rings. The number of Topliss-reactive ketones (excluding diaryl/α,β-unsaturated/α-hetero) is 1. The quantitative estimate of drug-likeness (QED) is 0.336. The van der Waals surface area contributed by atoms with E-state index in [9.17, 15) is 37.1 Å². The number of halogens is 4. The molecule has 5 fully saturated rings. The van der Waals surface area contributed by atoms with E-state index in [0.717, 1.165) is 19.0 Å². The maximum atomic E-state index is 13.3. The monoisotopic (exact) mass is 569 g/mol. The van der Waals surface area contributed by atoms with Crippen molar-refractivity contribution in [1.29, 1.82) is 0 Å². The van der Waals surface area contributed by atoms with E-state index in [1.165, 1.54) is 6.07 Å². The van der Waals surface area contributed by atoms with Gasteiger partial charge in [-0.3, -0.25) is 24.0 Å². The number of hydrogen-bond donors (Lipinski definition) is 4. The summed E-state index contributed by atoms with van der Waals surface area (Å²) in [7, 11) is 0. The maximum Gasteiger partial charge on any atom is 0.394 e. The van der Waals surface area contributed by atoms with Crippen molar-refractivity contribution in [3.05, 3.63) is 22.8 Å². The van der Waals surface area contributed by atoms with Gasteiger partial charge in [-0.05, 0) is 57.9 Å². The highest BCUT2D eigenvalue weighted by molar-refractivity contribution is 6.38. The van der Waals surface area contributed by atoms with Gasteiger partial charge in [0.1, 0.15) is 5.82 Å². The zero-order chi connectivity index (χ0) is 28.3. The summed E-state index contributed by atoms with van der Waals surface area (Å²) < 4.78 is 39.6. The largest absolute Gasteiger partial charge is 0.394 e. The predicted molar refractivity (Wildman–Crippen MR) is 130 cm³/mol. The average molecular weight is 570 g/mol. The topological polar surface area (TPSA) is 146 Å². The second-order valence-corrected chi connectivity index (χ2v) is 11.7. The molecule has 4 saturated carbocycles. The van der Waals surface area contributed by atoms with Crippen LogP contribution in [-0.2, 0) is 19.2 Å². The second kappa shape index (κ2) is 9.46. The van der Waals surface area contributed by atoms with Crippen LogP contribution >= 0.6 is 11.6 Å². The Bertz CT molecular complexity index is 1250. The molecular formula is C25H27ClF3N5O5. The highest BCUT2D eigenvalue weighted by atomic mass is 35.5. The molecule has 1 aliphatic heterocycles. The highest BCUT2D eigenvalue weighted by Gasteiger charge is 2.81. The summed E-state index contributed by atoms with van der Waals surface area (Å²) in [6, 6.07) is -0.416. The maximum absolute atomic E-state index is 13.3. The Morgan fingerprint density at radius 3 is 2.44 bits per heavy atom. The van der Waals surface area contributed by atoms with E-state index in [-0.39, 0.29) is 60.1 Å². The molecule has 0 radical (unpaired) electrons. The lowest BCUT2D eigenvalue weighted by Gasteiger charge is -2.68. The standard InChI is InChI=1S/C25H27ClF3N5O5/c1-11-4-12(19(36)31-11)5-16(17(35)21(38)32-14-2-3-14)33-20(37)15-6-13(26)7-30-18(15)34-22(39)23-8-24(9-23,10-23)25(27,28)29/h6-7,11-12,14,16H,2-5,8-10H2,1H3,(H,31,36)(H,32,38)(H,33,37)(H,30,34,39)/t11-,12+,16+,23?,24?/m1/s1. The number of ketones is 1. The van der Waals surface area contributed by atoms with E-state index in [1.807, 2.05) is 0 Å². The molecule has 4 amide bonds. The van der Waals surface area contributed by atoms with Crippen molar-refractivity contribution in [2.24, 2.45) is 16.7 Å². The van der Waals surface area contributed by atoms with Gasteiger partial charge in [-0.1, -0.05) is 11.6 Å². The molecule has 39 heavy (non-hydrogen) atoms. The van der Waals surface area contributed by atoms with Crippen molar-refractivity contribution in [2.45, 2.75) is 76.2 Å². The van der Waals surface area contributed by atoms with Crippen LogP contribution in [-0.4, -0.2) is 58.7 Å². The van der Waals surface area contributed by atoms with Gasteiger partial charge in [-0.25, -0.2) is 4.98 Å². The first-order valence-corrected chi connectivity index (χ1v) is 13.1. The van der Waals surface area contributed by atoms with Crippen LogP contribution in [0, 0.1) is 16.7 Å². The lowest BCUT2D eigenvalue weighted by atomic mass is 9.34. The van der Waals surface area contributed by atoms with E-state index in [4.69, 9.17) is 11.6 Å². The molecular weight excluding hydrogens is 543 g/mol. The van der Waals surface area contributed by atoms with Crippen molar-refractivity contribution >= 4 is 46.8 Å². The number of aromatic nitrogens is 1. The smallest absolute Gasteiger partial charge is 0.353 e. The zero-order valence-corrected chi connectivity index (χ0v) is 21.7. The summed E-state index contributed by atoms with van der Waals surface area (Å²) in [5, 5.41) is 10.3. The molecule has 4 aliphatic carbocycles. The number of carbonyl (C=O) groups excluding carboxylic acids is 5. The molecule has 6 rings (SSSR count). The molecule has 14 heteroatoms. The minimum atomic E-state index is -4.39. The number of hydrogen-bond acceptors (Lipinski definition) is 6. The molecule has 5 aliphatic rings. The number of nitrogens with zero attached hydrogens (tertiary/aromatic N) is 1. The molecule has 1 aromatic heterocycles. The summed E-state index contributed by atoms with van der Waals surface area (Å²) in [5.74, 6) is -4.55. The fraction of sp³-hybridized carbons (Fsp3) is 0.600. The van der Waals surface area contributed by atoms with Crippen LogP contribution in [0.25, 0.3) is 0 Å². The van der Waals surface area contributed by atoms with Crippen molar-refractivity contribution in [3.8, 4) is 0 Å². The predicted octanol–water partition coefficient (Wildman–Crippen LogP) is 2.27. The third-order valence-electron chi connectivity index (χ3n) is 8.12. The number of amides is 4. The molecule has 3 atom stereocenters. The van der Waals surface area contributed by atoms with E-state index in [2.05, 4.69) is 26.3 Å². The second-order valence-electron chi connectivity index (χ2n) is 11.3. The first-order chi connectivity index (χ1) is 18.2. The van der Waals surface area contributed by atoms with Crippen molar-refractivity contribution < 1.29 is 37.1 Å². The SMILES string of the molecule is C[C@@H]1C[C@@H](C[C@H](NC(=O)c2cc(Cl)cnc2NC(=O)C23CC(C(F)(F)F)(C2)C3)C(=O)C(=O)NC2CC2)C(=O)N1. The van der Waals surface area contributed by atoms with Gasteiger partial charge in [0, 0.05) is 24.2 Å². The van der Waals surface area contributed by atoms with Crippen LogP contribution in [0.2, 0.25) is 5.02 Å². The van der Waals surface area contributed by atoms with Gasteiger partial charge >= 0.3 is 6.18 Å². The van der Waals surface area contributed by atoms with Gasteiger partial charge in [0.2, 0.25) is 17.6 Å². The Kier molecular flexibility index (Phi) is 6.63. The van der Waals surface area contributed by atoms with Crippen LogP contribution in [0.15, 0.2) is 12.3 Å². The van der Waals surface area contributed by atoms with Gasteiger partial charge in [-0.15, -0.1) is 0 Å². The lowest BCUT2D eigenvalue weighted by molar-refractivity contribution is -0.349. The van der Waals surface area contributed by atoms with Crippen molar-refractivity contribution in [2.75, 3.05) is 5.32 Å². The molecule has 10 nitrogen and oxygen atoms in total. The summed E-state index contributed by atoms with van der Waals surface area (Å²) in [5.41, 5.74) is -3.26. The Hall–Kier alpha value is -3.22. The van der Waals surface area contributed by atoms with Gasteiger partial charge in [0.15, 0.2) is 0 Å². The minimum absolute atomic E-state index is 0.0260. The van der Waals surface area contributed by atoms with E-state index in [0.29, 0.717) is 6.42 Å². The molecule has 1 saturated heterocycles. The Morgan fingerprint density at radius 2 is 1.87 bits per heavy atom. The lowest BCUT2D eigenvalue weighted by Crippen LogP contribution is -2.71. The van der Waals surface area contributed by atoms with Crippen molar-refractivity contribution in [1.82, 2.24) is 20.9 Å². The fourth-order valence-corrected chi connectivity index (χ4v) is 5.99. The molecule has 0 aromatic carbocycles. The average Bonchev–Trinajstić information content (AvgIpc) is 3.53. The summed E-state index contributed by atoms with van der Waals surface area (Å²) in [6.45, 7) is 1.79. The first kappa shape index (κ1) is 27.4. The Balaban J connectivity index is 1.32. The van der Waals surface area contributed by atoms with Crippen LogP contribution in [0.4, 0.5) is 19.0 Å². The molecule has 2 bridgehead atoms. The zero-order valence-electron chi connectivity index (χ0n) is 20.9. The first-order valence-electron chi connectivity index (χ1n) is 12.7. The Morgan fingerprint density at radius 1 is 1.21 bits per heavy atom. The molecule has 0 spiro atoms. The number of anilines is 1. The van der Waals surface area contributed by atoms with E-state index in [1.54, 1.807) is 6.92 Å². The molecule has 4 N–H and O–H groups in total. The number of nitrogens with one attached hydrogen (secondary N) is 4. The van der Waals surface area contributed by atoms with E-state index >= 15 is 0 Å². The van der Waals surface area contributed by atoms with Crippen LogP contribution in [0.5, 0.6) is 0 Å². The fourth-order valence-electron chi connectivity index (χ4n) is 5.83. The molecule has 210 valence electrons. The third kappa shape index (κ3) is 5.08. The third-order valence-corrected chi connectivity index (χ3v) is 8.33. The van der Waals surface area contributed by atoms with Crippen molar-refractivity contribution in [3.63, 3.8) is 0 Å². The van der Waals surface area contributed by atoms with Gasteiger partial charge in [0.05, 0.1) is 27.5 Å². The Labute approximate surface area is 226 Å². The summed E-state index contributed by atoms with van der Waals surface area (Å²) in [4.78, 5) is 68.0. The number of rotatable bonds is 9. The number of alkyl halides is 3. The van der Waals surface area contributed by atoms with E-state index < -0.39 is 52.5 Å². The van der Waals surface area contributed by atoms with Crippen LogP contribution in [0.3, 0.4) is 0 Å². The summed E-state index contributed by atoms with van der Waals surface area (Å²) >= 11 is 6.02.